The van der Waals surface area contributed by atoms with Gasteiger partial charge in [-0.15, -0.1) is 10.2 Å². The van der Waals surface area contributed by atoms with Gasteiger partial charge < -0.3 is 10.3 Å². The fourth-order valence-electron chi connectivity index (χ4n) is 2.81. The molecule has 2 aromatic heterocycles. The molecule has 6 nitrogen and oxygen atoms in total. The first-order valence-electron chi connectivity index (χ1n) is 7.16. The minimum Gasteiger partial charge on any atom is -0.383 e. The van der Waals surface area contributed by atoms with Gasteiger partial charge in [0.1, 0.15) is 11.6 Å². The lowest BCUT2D eigenvalue weighted by molar-refractivity contribution is 0.526. The number of aromatic nitrogens is 5. The Labute approximate surface area is 122 Å². The van der Waals surface area contributed by atoms with Crippen molar-refractivity contribution in [1.82, 2.24) is 24.5 Å². The van der Waals surface area contributed by atoms with Crippen molar-refractivity contribution in [3.8, 4) is 17.1 Å². The van der Waals surface area contributed by atoms with Crippen molar-refractivity contribution in [2.45, 2.75) is 25.8 Å². The first-order valence-corrected chi connectivity index (χ1v) is 7.16. The molecule has 0 radical (unpaired) electrons. The molecule has 1 aliphatic heterocycles. The number of para-hydroxylation sites is 1. The summed E-state index contributed by atoms with van der Waals surface area (Å²) in [5, 5.41) is 13.0. The van der Waals surface area contributed by atoms with Gasteiger partial charge in [0.05, 0.1) is 17.4 Å². The van der Waals surface area contributed by atoms with E-state index in [1.54, 1.807) is 10.9 Å². The molecule has 0 spiro atoms. The maximum absolute atomic E-state index is 6.28. The third-order valence-electron chi connectivity index (χ3n) is 3.91. The fraction of sp³-hybridized carbons (Fsp3) is 0.267. The van der Waals surface area contributed by atoms with Gasteiger partial charge in [0.2, 0.25) is 0 Å². The highest BCUT2D eigenvalue weighted by Crippen LogP contribution is 2.28. The van der Waals surface area contributed by atoms with Crippen LogP contribution >= 0.6 is 0 Å². The lowest BCUT2D eigenvalue weighted by Gasteiger charge is -2.14. The van der Waals surface area contributed by atoms with Crippen LogP contribution < -0.4 is 5.73 Å². The van der Waals surface area contributed by atoms with Gasteiger partial charge in [0.25, 0.3) is 0 Å². The van der Waals surface area contributed by atoms with E-state index in [4.69, 9.17) is 5.73 Å². The van der Waals surface area contributed by atoms with E-state index in [-0.39, 0.29) is 0 Å². The number of benzene rings is 1. The van der Waals surface area contributed by atoms with Crippen molar-refractivity contribution in [1.29, 1.82) is 0 Å². The molecule has 4 rings (SSSR count). The highest BCUT2D eigenvalue weighted by molar-refractivity contribution is 5.70. The molecule has 0 bridgehead atoms. The quantitative estimate of drug-likeness (QED) is 0.779. The molecule has 0 aliphatic carbocycles. The zero-order valence-electron chi connectivity index (χ0n) is 11.6. The van der Waals surface area contributed by atoms with Crippen molar-refractivity contribution in [3.05, 3.63) is 42.4 Å². The molecule has 0 atom stereocenters. The molecule has 3 heterocycles. The van der Waals surface area contributed by atoms with Gasteiger partial charge in [-0.3, -0.25) is 0 Å². The van der Waals surface area contributed by atoms with Crippen LogP contribution in [0, 0.1) is 0 Å². The lowest BCUT2D eigenvalue weighted by Crippen LogP contribution is -2.12. The number of fused-ring (bicyclic) bond motifs is 1. The standard InChI is InChI=1S/C15H16N6/c16-14-12(10-17-21(14)11-6-2-1-3-7-11)15-19-18-13-8-4-5-9-20(13)15/h1-3,6-7,10H,4-5,8-9,16H2. The Morgan fingerprint density at radius 1 is 1.05 bits per heavy atom. The van der Waals surface area contributed by atoms with Crippen LogP contribution in [0.3, 0.4) is 0 Å². The third-order valence-corrected chi connectivity index (χ3v) is 3.91. The van der Waals surface area contributed by atoms with Crippen molar-refractivity contribution in [2.75, 3.05) is 5.73 Å². The Kier molecular flexibility index (Phi) is 2.73. The summed E-state index contributed by atoms with van der Waals surface area (Å²) >= 11 is 0. The molecule has 106 valence electrons. The van der Waals surface area contributed by atoms with Gasteiger partial charge in [0.15, 0.2) is 5.82 Å². The molecule has 0 amide bonds. The first-order chi connectivity index (χ1) is 10.3. The Morgan fingerprint density at radius 3 is 2.76 bits per heavy atom. The summed E-state index contributed by atoms with van der Waals surface area (Å²) in [6, 6.07) is 9.86. The SMILES string of the molecule is Nc1c(-c2nnc3n2CCCC3)cnn1-c1ccccc1. The summed E-state index contributed by atoms with van der Waals surface area (Å²) in [5.74, 6) is 2.47. The number of rotatable bonds is 2. The highest BCUT2D eigenvalue weighted by atomic mass is 15.3. The number of hydrogen-bond acceptors (Lipinski definition) is 4. The second-order valence-electron chi connectivity index (χ2n) is 5.24. The van der Waals surface area contributed by atoms with Crippen LogP contribution in [0.15, 0.2) is 36.5 Å². The number of aryl methyl sites for hydroxylation is 1. The van der Waals surface area contributed by atoms with Crippen molar-refractivity contribution < 1.29 is 0 Å². The van der Waals surface area contributed by atoms with Crippen molar-refractivity contribution in [3.63, 3.8) is 0 Å². The lowest BCUT2D eigenvalue weighted by atomic mass is 10.1. The van der Waals surface area contributed by atoms with Gasteiger partial charge in [-0.25, -0.2) is 4.68 Å². The molecule has 1 aliphatic rings. The molecule has 0 unspecified atom stereocenters. The molecular formula is C15H16N6. The number of nitrogens with two attached hydrogens (primary N) is 1. The molecule has 21 heavy (non-hydrogen) atoms. The van der Waals surface area contributed by atoms with Crippen LogP contribution in [-0.2, 0) is 13.0 Å². The van der Waals surface area contributed by atoms with E-state index >= 15 is 0 Å². The monoisotopic (exact) mass is 280 g/mol. The maximum Gasteiger partial charge on any atom is 0.169 e. The summed E-state index contributed by atoms with van der Waals surface area (Å²) in [7, 11) is 0. The number of anilines is 1. The van der Waals surface area contributed by atoms with Crippen LogP contribution in [0.5, 0.6) is 0 Å². The van der Waals surface area contributed by atoms with Crippen LogP contribution in [0.1, 0.15) is 18.7 Å². The minimum absolute atomic E-state index is 0.599. The van der Waals surface area contributed by atoms with Crippen LogP contribution in [-0.4, -0.2) is 24.5 Å². The summed E-state index contributed by atoms with van der Waals surface area (Å²) in [4.78, 5) is 0. The Morgan fingerprint density at radius 2 is 1.90 bits per heavy atom. The number of hydrogen-bond donors (Lipinski definition) is 1. The Balaban J connectivity index is 1.81. The fourth-order valence-corrected chi connectivity index (χ4v) is 2.81. The van der Waals surface area contributed by atoms with Gasteiger partial charge in [-0.1, -0.05) is 18.2 Å². The van der Waals surface area contributed by atoms with Gasteiger partial charge in [-0.2, -0.15) is 5.10 Å². The van der Waals surface area contributed by atoms with E-state index in [1.165, 1.54) is 6.42 Å². The van der Waals surface area contributed by atoms with Crippen LogP contribution in [0.4, 0.5) is 5.82 Å². The van der Waals surface area contributed by atoms with Crippen molar-refractivity contribution >= 4 is 5.82 Å². The van der Waals surface area contributed by atoms with Crippen molar-refractivity contribution in [2.24, 2.45) is 0 Å². The second kappa shape index (κ2) is 4.73. The molecule has 0 fully saturated rings. The molecule has 2 N–H and O–H groups in total. The zero-order valence-corrected chi connectivity index (χ0v) is 11.6. The molecule has 1 aromatic carbocycles. The van der Waals surface area contributed by atoms with E-state index in [0.29, 0.717) is 5.82 Å². The summed E-state index contributed by atoms with van der Waals surface area (Å²) in [5.41, 5.74) is 8.07. The molecule has 3 aromatic rings. The smallest absolute Gasteiger partial charge is 0.169 e. The second-order valence-corrected chi connectivity index (χ2v) is 5.24. The molecule has 6 heteroatoms. The number of nitrogen functional groups attached to an aromatic ring is 1. The van der Waals surface area contributed by atoms with E-state index in [2.05, 4.69) is 19.9 Å². The third kappa shape index (κ3) is 1.91. The van der Waals surface area contributed by atoms with Crippen LogP contribution in [0.25, 0.3) is 17.1 Å². The van der Waals surface area contributed by atoms with Gasteiger partial charge in [-0.05, 0) is 25.0 Å². The minimum atomic E-state index is 0.599. The maximum atomic E-state index is 6.28. The zero-order chi connectivity index (χ0) is 14.2. The molecular weight excluding hydrogens is 264 g/mol. The number of nitrogens with zero attached hydrogens (tertiary/aromatic N) is 5. The molecule has 0 saturated carbocycles. The summed E-state index contributed by atoms with van der Waals surface area (Å²) in [6.07, 6.45) is 5.09. The van der Waals surface area contributed by atoms with E-state index < -0.39 is 0 Å². The Bertz CT molecular complexity index is 771. The first kappa shape index (κ1) is 12.1. The van der Waals surface area contributed by atoms with Crippen LogP contribution in [0.2, 0.25) is 0 Å². The van der Waals surface area contributed by atoms with Gasteiger partial charge >= 0.3 is 0 Å². The van der Waals surface area contributed by atoms with E-state index in [1.807, 2.05) is 30.3 Å². The summed E-state index contributed by atoms with van der Waals surface area (Å²) in [6.45, 7) is 0.952. The average Bonchev–Trinajstić information content (AvgIpc) is 3.11. The topological polar surface area (TPSA) is 74.6 Å². The predicted octanol–water partition coefficient (Wildman–Crippen LogP) is 2.05. The molecule has 0 saturated heterocycles. The highest BCUT2D eigenvalue weighted by Gasteiger charge is 2.21. The summed E-state index contributed by atoms with van der Waals surface area (Å²) < 4.78 is 3.89. The predicted molar refractivity (Wildman–Crippen MR) is 79.9 cm³/mol. The normalized spacial score (nSPS) is 14.1. The van der Waals surface area contributed by atoms with E-state index in [0.717, 1.165) is 42.3 Å². The van der Waals surface area contributed by atoms with Gasteiger partial charge in [0, 0.05) is 13.0 Å². The van der Waals surface area contributed by atoms with E-state index in [9.17, 15) is 0 Å². The largest absolute Gasteiger partial charge is 0.383 e. The Hall–Kier alpha value is -2.63. The average molecular weight is 280 g/mol.